The maximum Gasteiger partial charge on any atom is 0.243 e. The van der Waals surface area contributed by atoms with Crippen LogP contribution in [0.1, 0.15) is 28.2 Å². The van der Waals surface area contributed by atoms with Gasteiger partial charge in [-0.25, -0.2) is 8.42 Å². The molecule has 1 atom stereocenters. The SMILES string of the molecule is COc1ccc(S(=O)(=O)N(CC(=O)N(CCc2ccc(OC)c(OC)c2)Cc2ccc(C)s2)CC2CCCO2)cc1. The van der Waals surface area contributed by atoms with Gasteiger partial charge >= 0.3 is 0 Å². The highest BCUT2D eigenvalue weighted by atomic mass is 32.2. The fraction of sp³-hybridized carbons (Fsp3) is 0.433. The summed E-state index contributed by atoms with van der Waals surface area (Å²) < 4.78 is 50.6. The molecule has 3 aromatic rings. The number of aryl methyl sites for hydroxylation is 1. The van der Waals surface area contributed by atoms with Gasteiger partial charge in [0.25, 0.3) is 0 Å². The van der Waals surface area contributed by atoms with Crippen molar-refractivity contribution in [2.45, 2.75) is 43.7 Å². The number of benzene rings is 2. The Morgan fingerprint density at radius 3 is 2.37 bits per heavy atom. The van der Waals surface area contributed by atoms with E-state index in [2.05, 4.69) is 0 Å². The van der Waals surface area contributed by atoms with Crippen molar-refractivity contribution in [1.29, 1.82) is 0 Å². The second-order valence-corrected chi connectivity index (χ2v) is 13.2. The lowest BCUT2D eigenvalue weighted by atomic mass is 10.1. The number of rotatable bonds is 14. The first kappa shape index (κ1) is 30.8. The van der Waals surface area contributed by atoms with Gasteiger partial charge in [0, 0.05) is 29.5 Å². The van der Waals surface area contributed by atoms with E-state index in [0.717, 1.165) is 28.2 Å². The molecule has 0 radical (unpaired) electrons. The molecule has 1 aliphatic heterocycles. The Kier molecular flexibility index (Phi) is 10.7. The Morgan fingerprint density at radius 2 is 1.76 bits per heavy atom. The normalized spacial score (nSPS) is 15.2. The molecule has 41 heavy (non-hydrogen) atoms. The van der Waals surface area contributed by atoms with E-state index in [4.69, 9.17) is 18.9 Å². The van der Waals surface area contributed by atoms with Crippen LogP contribution in [0.25, 0.3) is 0 Å². The van der Waals surface area contributed by atoms with Crippen molar-refractivity contribution < 1.29 is 32.2 Å². The molecule has 0 spiro atoms. The quantitative estimate of drug-likeness (QED) is 0.268. The number of carbonyl (C=O) groups excluding carboxylic acids is 1. The molecule has 1 unspecified atom stereocenters. The predicted molar refractivity (Wildman–Crippen MR) is 158 cm³/mol. The summed E-state index contributed by atoms with van der Waals surface area (Å²) in [5.41, 5.74) is 0.977. The Hall–Kier alpha value is -3.12. The lowest BCUT2D eigenvalue weighted by Crippen LogP contribution is -2.45. The van der Waals surface area contributed by atoms with E-state index in [1.54, 1.807) is 42.6 Å². The molecular weight excluding hydrogens is 564 g/mol. The lowest BCUT2D eigenvalue weighted by Gasteiger charge is -2.28. The third-order valence-corrected chi connectivity index (χ3v) is 9.87. The molecule has 0 aliphatic carbocycles. The van der Waals surface area contributed by atoms with Gasteiger partial charge in [-0.2, -0.15) is 4.31 Å². The average Bonchev–Trinajstić information content (AvgIpc) is 3.65. The van der Waals surface area contributed by atoms with E-state index in [1.165, 1.54) is 23.5 Å². The summed E-state index contributed by atoms with van der Waals surface area (Å²) in [5.74, 6) is 1.53. The van der Waals surface area contributed by atoms with Gasteiger partial charge in [-0.05, 0) is 80.3 Å². The van der Waals surface area contributed by atoms with Gasteiger partial charge in [0.1, 0.15) is 5.75 Å². The monoisotopic (exact) mass is 602 g/mol. The molecule has 9 nitrogen and oxygen atoms in total. The molecule has 2 heterocycles. The zero-order valence-electron chi connectivity index (χ0n) is 24.0. The Balaban J connectivity index is 1.57. The van der Waals surface area contributed by atoms with Gasteiger partial charge in [-0.3, -0.25) is 4.79 Å². The van der Waals surface area contributed by atoms with Crippen LogP contribution in [-0.4, -0.2) is 77.2 Å². The number of hydrogen-bond acceptors (Lipinski definition) is 8. The molecule has 0 N–H and O–H groups in total. The maximum absolute atomic E-state index is 13.9. The molecule has 222 valence electrons. The molecule has 4 rings (SSSR count). The molecule has 0 saturated carbocycles. The number of thiophene rings is 1. The fourth-order valence-electron chi connectivity index (χ4n) is 4.76. The average molecular weight is 603 g/mol. The van der Waals surface area contributed by atoms with Crippen molar-refractivity contribution >= 4 is 27.3 Å². The number of ether oxygens (including phenoxy) is 4. The molecule has 1 aliphatic rings. The smallest absolute Gasteiger partial charge is 0.243 e. The van der Waals surface area contributed by atoms with Crippen molar-refractivity contribution in [2.24, 2.45) is 0 Å². The minimum Gasteiger partial charge on any atom is -0.497 e. The first-order valence-electron chi connectivity index (χ1n) is 13.5. The van der Waals surface area contributed by atoms with Gasteiger partial charge in [-0.15, -0.1) is 11.3 Å². The molecule has 1 fully saturated rings. The van der Waals surface area contributed by atoms with Gasteiger partial charge in [0.05, 0.1) is 45.4 Å². The van der Waals surface area contributed by atoms with Crippen LogP contribution in [0.4, 0.5) is 0 Å². The highest BCUT2D eigenvalue weighted by molar-refractivity contribution is 7.89. The summed E-state index contributed by atoms with van der Waals surface area (Å²) in [6.45, 7) is 3.23. The minimum atomic E-state index is -3.97. The summed E-state index contributed by atoms with van der Waals surface area (Å²) in [6, 6.07) is 15.9. The van der Waals surface area contributed by atoms with Gasteiger partial charge in [-0.1, -0.05) is 6.07 Å². The maximum atomic E-state index is 13.9. The summed E-state index contributed by atoms with van der Waals surface area (Å²) in [5, 5.41) is 0. The molecule has 2 aromatic carbocycles. The van der Waals surface area contributed by atoms with Crippen molar-refractivity contribution in [2.75, 3.05) is 47.6 Å². The van der Waals surface area contributed by atoms with E-state index < -0.39 is 10.0 Å². The fourth-order valence-corrected chi connectivity index (χ4v) is 7.09. The minimum absolute atomic E-state index is 0.106. The molecule has 1 amide bonds. The summed E-state index contributed by atoms with van der Waals surface area (Å²) in [4.78, 5) is 17.9. The largest absolute Gasteiger partial charge is 0.497 e. The van der Waals surface area contributed by atoms with Gasteiger partial charge < -0.3 is 23.8 Å². The van der Waals surface area contributed by atoms with Crippen molar-refractivity contribution in [3.8, 4) is 17.2 Å². The first-order valence-corrected chi connectivity index (χ1v) is 15.8. The summed E-state index contributed by atoms with van der Waals surface area (Å²) >= 11 is 1.62. The number of methoxy groups -OCH3 is 3. The zero-order valence-corrected chi connectivity index (χ0v) is 25.6. The van der Waals surface area contributed by atoms with E-state index in [0.29, 0.717) is 43.4 Å². The zero-order chi connectivity index (χ0) is 29.4. The number of carbonyl (C=O) groups is 1. The van der Waals surface area contributed by atoms with Crippen LogP contribution in [0.15, 0.2) is 59.5 Å². The van der Waals surface area contributed by atoms with Crippen LogP contribution in [-0.2, 0) is 32.5 Å². The highest BCUT2D eigenvalue weighted by Gasteiger charge is 2.32. The van der Waals surface area contributed by atoms with Crippen LogP contribution < -0.4 is 14.2 Å². The Morgan fingerprint density at radius 1 is 1.00 bits per heavy atom. The van der Waals surface area contributed by atoms with E-state index in [-0.39, 0.29) is 30.0 Å². The number of amides is 1. The standard InChI is InChI=1S/C30H38N2O7S2/c1-22-7-11-26(40-22)20-31(16-15-23-8-14-28(37-3)29(18-23)38-4)30(33)21-32(19-25-6-5-17-39-25)41(34,35)27-12-9-24(36-2)10-13-27/h7-14,18,25H,5-6,15-17,19-21H2,1-4H3. The third kappa shape index (κ3) is 8.00. The molecule has 1 saturated heterocycles. The Labute approximate surface area is 246 Å². The lowest BCUT2D eigenvalue weighted by molar-refractivity contribution is -0.132. The topological polar surface area (TPSA) is 94.6 Å². The second-order valence-electron chi connectivity index (χ2n) is 9.88. The molecular formula is C30H38N2O7S2. The van der Waals surface area contributed by atoms with E-state index in [9.17, 15) is 13.2 Å². The number of sulfonamides is 1. The van der Waals surface area contributed by atoms with E-state index in [1.807, 2.05) is 37.3 Å². The van der Waals surface area contributed by atoms with Crippen LogP contribution in [0.2, 0.25) is 0 Å². The van der Waals surface area contributed by atoms with Crippen LogP contribution >= 0.6 is 11.3 Å². The molecule has 0 bridgehead atoms. The van der Waals surface area contributed by atoms with Gasteiger partial charge in [0.2, 0.25) is 15.9 Å². The third-order valence-electron chi connectivity index (χ3n) is 7.05. The van der Waals surface area contributed by atoms with E-state index >= 15 is 0 Å². The predicted octanol–water partition coefficient (Wildman–Crippen LogP) is 4.52. The van der Waals surface area contributed by atoms with Crippen LogP contribution in [0.5, 0.6) is 17.2 Å². The van der Waals surface area contributed by atoms with Crippen LogP contribution in [0.3, 0.4) is 0 Å². The number of hydrogen-bond donors (Lipinski definition) is 0. The van der Waals surface area contributed by atoms with Crippen LogP contribution in [0, 0.1) is 6.92 Å². The summed E-state index contributed by atoms with van der Waals surface area (Å²) in [7, 11) is 0.726. The Bertz CT molecular complexity index is 1400. The summed E-state index contributed by atoms with van der Waals surface area (Å²) in [6.07, 6.45) is 1.92. The number of nitrogens with zero attached hydrogens (tertiary/aromatic N) is 2. The van der Waals surface area contributed by atoms with Crippen molar-refractivity contribution in [3.05, 3.63) is 69.9 Å². The highest BCUT2D eigenvalue weighted by Crippen LogP contribution is 2.28. The van der Waals surface area contributed by atoms with Crippen molar-refractivity contribution in [3.63, 3.8) is 0 Å². The van der Waals surface area contributed by atoms with Gasteiger partial charge in [0.15, 0.2) is 11.5 Å². The second kappa shape index (κ2) is 14.2. The molecule has 1 aromatic heterocycles. The molecule has 11 heteroatoms. The van der Waals surface area contributed by atoms with Crippen molar-refractivity contribution in [1.82, 2.24) is 9.21 Å². The first-order chi connectivity index (χ1) is 19.7.